The first-order valence-corrected chi connectivity index (χ1v) is 9.34. The van der Waals surface area contributed by atoms with Crippen molar-refractivity contribution in [2.24, 2.45) is 0 Å². The molecular weight excluding hydrogens is 346 g/mol. The standard InChI is InChI=1S/C19H23N5O3/c1-3-4-10-27-15-9-8-12(11-16(15)26-2)18-17-13(6-5-7-14(17)25)20-19-21-22-23-24(18)19/h8-9,11,18H,3-7,10H2,1-2H3,(H,20,21,23). The van der Waals surface area contributed by atoms with Crippen LogP contribution in [-0.2, 0) is 4.79 Å². The number of hydrogen-bond acceptors (Lipinski definition) is 7. The zero-order valence-electron chi connectivity index (χ0n) is 15.6. The molecule has 2 heterocycles. The van der Waals surface area contributed by atoms with Crippen LogP contribution in [0.4, 0.5) is 5.95 Å². The molecule has 1 aliphatic carbocycles. The highest BCUT2D eigenvalue weighted by atomic mass is 16.5. The third-order valence-electron chi connectivity index (χ3n) is 4.99. The molecule has 1 aromatic heterocycles. The van der Waals surface area contributed by atoms with E-state index >= 15 is 0 Å². The van der Waals surface area contributed by atoms with E-state index in [-0.39, 0.29) is 11.8 Å². The van der Waals surface area contributed by atoms with Gasteiger partial charge >= 0.3 is 0 Å². The number of unbranched alkanes of at least 4 members (excludes halogenated alkanes) is 1. The Kier molecular flexibility index (Phi) is 4.79. The molecule has 0 fully saturated rings. The lowest BCUT2D eigenvalue weighted by Gasteiger charge is -2.31. The largest absolute Gasteiger partial charge is 0.493 e. The summed E-state index contributed by atoms with van der Waals surface area (Å²) in [6, 6.07) is 5.40. The maximum Gasteiger partial charge on any atom is 0.248 e. The zero-order valence-corrected chi connectivity index (χ0v) is 15.6. The number of nitrogens with zero attached hydrogens (tertiary/aromatic N) is 4. The van der Waals surface area contributed by atoms with Gasteiger partial charge in [0.25, 0.3) is 0 Å². The van der Waals surface area contributed by atoms with Crippen LogP contribution in [-0.4, -0.2) is 39.7 Å². The molecule has 8 nitrogen and oxygen atoms in total. The summed E-state index contributed by atoms with van der Waals surface area (Å²) in [7, 11) is 1.62. The van der Waals surface area contributed by atoms with E-state index in [4.69, 9.17) is 9.47 Å². The van der Waals surface area contributed by atoms with E-state index in [0.29, 0.717) is 30.5 Å². The van der Waals surface area contributed by atoms with Gasteiger partial charge in [-0.15, -0.1) is 0 Å². The van der Waals surface area contributed by atoms with Crippen molar-refractivity contribution in [2.45, 2.75) is 45.1 Å². The number of carbonyl (C=O) groups is 1. The number of ether oxygens (including phenoxy) is 2. The number of allylic oxidation sites excluding steroid dienone is 2. The molecule has 1 aromatic carbocycles. The minimum Gasteiger partial charge on any atom is -0.493 e. The van der Waals surface area contributed by atoms with E-state index < -0.39 is 0 Å². The van der Waals surface area contributed by atoms with Gasteiger partial charge in [0.1, 0.15) is 6.04 Å². The van der Waals surface area contributed by atoms with Crippen molar-refractivity contribution >= 4 is 11.7 Å². The number of Topliss-reactive ketones (excluding diaryl/α,β-unsaturated/α-hetero) is 1. The average molecular weight is 369 g/mol. The summed E-state index contributed by atoms with van der Waals surface area (Å²) < 4.78 is 13.0. The number of ketones is 1. The Morgan fingerprint density at radius 2 is 2.19 bits per heavy atom. The van der Waals surface area contributed by atoms with Crippen molar-refractivity contribution in [2.75, 3.05) is 19.0 Å². The molecule has 27 heavy (non-hydrogen) atoms. The number of nitrogens with one attached hydrogen (secondary N) is 1. The van der Waals surface area contributed by atoms with Gasteiger partial charge in [-0.2, -0.15) is 4.68 Å². The lowest BCUT2D eigenvalue weighted by Crippen LogP contribution is -2.31. The predicted molar refractivity (Wildman–Crippen MR) is 98.9 cm³/mol. The van der Waals surface area contributed by atoms with E-state index in [1.54, 1.807) is 11.8 Å². The predicted octanol–water partition coefficient (Wildman–Crippen LogP) is 2.88. The second-order valence-corrected chi connectivity index (χ2v) is 6.76. The summed E-state index contributed by atoms with van der Waals surface area (Å²) in [5.74, 6) is 2.03. The lowest BCUT2D eigenvalue weighted by atomic mass is 9.85. The molecule has 1 aliphatic heterocycles. The molecule has 0 saturated heterocycles. The van der Waals surface area contributed by atoms with Gasteiger partial charge in [0.15, 0.2) is 17.3 Å². The summed E-state index contributed by atoms with van der Waals surface area (Å²) in [6.45, 7) is 2.77. The maximum atomic E-state index is 12.7. The minimum atomic E-state index is -0.363. The Morgan fingerprint density at radius 3 is 3.00 bits per heavy atom. The normalized spacial score (nSPS) is 18.6. The summed E-state index contributed by atoms with van der Waals surface area (Å²) >= 11 is 0. The first-order valence-electron chi connectivity index (χ1n) is 9.34. The number of carbonyl (C=O) groups excluding carboxylic acids is 1. The fourth-order valence-corrected chi connectivity index (χ4v) is 3.63. The molecule has 1 unspecified atom stereocenters. The number of fused-ring (bicyclic) bond motifs is 1. The van der Waals surface area contributed by atoms with E-state index in [2.05, 4.69) is 27.8 Å². The number of hydrogen-bond donors (Lipinski definition) is 1. The van der Waals surface area contributed by atoms with Gasteiger partial charge in [-0.05, 0) is 47.4 Å². The number of aromatic nitrogens is 4. The van der Waals surface area contributed by atoms with E-state index in [1.165, 1.54) is 0 Å². The summed E-state index contributed by atoms with van der Waals surface area (Å²) in [6.07, 6.45) is 4.25. The zero-order chi connectivity index (χ0) is 18.8. The molecule has 1 N–H and O–H groups in total. The second-order valence-electron chi connectivity index (χ2n) is 6.76. The van der Waals surface area contributed by atoms with Crippen LogP contribution in [0.1, 0.15) is 50.6 Å². The van der Waals surface area contributed by atoms with Gasteiger partial charge in [-0.25, -0.2) is 0 Å². The molecule has 0 spiro atoms. The highest BCUT2D eigenvalue weighted by Crippen LogP contribution is 2.41. The van der Waals surface area contributed by atoms with Crippen molar-refractivity contribution in [1.29, 1.82) is 0 Å². The summed E-state index contributed by atoms with van der Waals surface area (Å²) in [4.78, 5) is 12.7. The van der Waals surface area contributed by atoms with Gasteiger partial charge < -0.3 is 14.8 Å². The molecule has 2 aliphatic rings. The van der Waals surface area contributed by atoms with Gasteiger partial charge in [-0.3, -0.25) is 4.79 Å². The van der Waals surface area contributed by atoms with Crippen molar-refractivity contribution in [1.82, 2.24) is 20.2 Å². The van der Waals surface area contributed by atoms with Crippen LogP contribution in [0.15, 0.2) is 29.5 Å². The maximum absolute atomic E-state index is 12.7. The molecule has 0 radical (unpaired) electrons. The van der Waals surface area contributed by atoms with Crippen molar-refractivity contribution in [3.63, 3.8) is 0 Å². The van der Waals surface area contributed by atoms with Gasteiger partial charge in [0.05, 0.1) is 13.7 Å². The first-order chi connectivity index (χ1) is 13.2. The number of benzene rings is 1. The smallest absolute Gasteiger partial charge is 0.248 e. The van der Waals surface area contributed by atoms with Crippen molar-refractivity contribution in [3.8, 4) is 11.5 Å². The Hall–Kier alpha value is -2.90. The summed E-state index contributed by atoms with van der Waals surface area (Å²) in [5, 5.41) is 15.2. The Labute approximate surface area is 157 Å². The van der Waals surface area contributed by atoms with E-state index in [0.717, 1.165) is 42.5 Å². The quantitative estimate of drug-likeness (QED) is 0.783. The van der Waals surface area contributed by atoms with Gasteiger partial charge in [0.2, 0.25) is 5.95 Å². The molecule has 142 valence electrons. The van der Waals surface area contributed by atoms with Crippen LogP contribution >= 0.6 is 0 Å². The number of tetrazole rings is 1. The van der Waals surface area contributed by atoms with Gasteiger partial charge in [0, 0.05) is 17.7 Å². The lowest BCUT2D eigenvalue weighted by molar-refractivity contribution is -0.116. The van der Waals surface area contributed by atoms with Crippen LogP contribution in [0.25, 0.3) is 0 Å². The first kappa shape index (κ1) is 17.5. The molecule has 8 heteroatoms. The SMILES string of the molecule is CCCCOc1ccc(C2C3=C(CCCC3=O)Nc3nnnn32)cc1OC. The van der Waals surface area contributed by atoms with Crippen LogP contribution in [0.5, 0.6) is 11.5 Å². The highest BCUT2D eigenvalue weighted by molar-refractivity contribution is 5.99. The fraction of sp³-hybridized carbons (Fsp3) is 0.474. The number of methoxy groups -OCH3 is 1. The Morgan fingerprint density at radius 1 is 1.30 bits per heavy atom. The molecule has 4 rings (SSSR count). The topological polar surface area (TPSA) is 91.2 Å². The molecule has 0 amide bonds. The van der Waals surface area contributed by atoms with Crippen LogP contribution in [0.3, 0.4) is 0 Å². The van der Waals surface area contributed by atoms with Crippen molar-refractivity contribution in [3.05, 3.63) is 35.0 Å². The van der Waals surface area contributed by atoms with E-state index in [9.17, 15) is 4.79 Å². The molecule has 0 saturated carbocycles. The highest BCUT2D eigenvalue weighted by Gasteiger charge is 2.36. The molecule has 2 aromatic rings. The van der Waals surface area contributed by atoms with Gasteiger partial charge in [-0.1, -0.05) is 24.5 Å². The fourth-order valence-electron chi connectivity index (χ4n) is 3.63. The van der Waals surface area contributed by atoms with Crippen molar-refractivity contribution < 1.29 is 14.3 Å². The Balaban J connectivity index is 1.75. The third kappa shape index (κ3) is 3.15. The van der Waals surface area contributed by atoms with Crippen LogP contribution in [0, 0.1) is 0 Å². The average Bonchev–Trinajstić information content (AvgIpc) is 3.15. The number of anilines is 1. The molecule has 1 atom stereocenters. The third-order valence-corrected chi connectivity index (χ3v) is 4.99. The summed E-state index contributed by atoms with van der Waals surface area (Å²) in [5.41, 5.74) is 2.55. The molecular formula is C19H23N5O3. The molecule has 0 bridgehead atoms. The van der Waals surface area contributed by atoms with Crippen LogP contribution < -0.4 is 14.8 Å². The Bertz CT molecular complexity index is 889. The second kappa shape index (κ2) is 7.38. The minimum absolute atomic E-state index is 0.136. The number of rotatable bonds is 6. The van der Waals surface area contributed by atoms with E-state index in [1.807, 2.05) is 18.2 Å². The van der Waals surface area contributed by atoms with Crippen LogP contribution in [0.2, 0.25) is 0 Å². The monoisotopic (exact) mass is 369 g/mol.